The molecule has 28 heteroatoms. The molecule has 0 aromatic carbocycles. The lowest BCUT2D eigenvalue weighted by Gasteiger charge is -2.21. The third-order valence-electron chi connectivity index (χ3n) is 6.66. The number of rotatable bonds is 12. The van der Waals surface area contributed by atoms with Crippen molar-refractivity contribution in [1.29, 1.82) is 0 Å². The Balaban J connectivity index is 1.15. The van der Waals surface area contributed by atoms with Crippen molar-refractivity contribution in [2.24, 2.45) is 0 Å². The molecule has 5 heterocycles. The van der Waals surface area contributed by atoms with Crippen molar-refractivity contribution in [3.05, 3.63) is 56.1 Å². The molecule has 9 N–H and O–H groups in total. The summed E-state index contributed by atoms with van der Waals surface area (Å²) in [4.78, 5) is 76.6. The van der Waals surface area contributed by atoms with Crippen LogP contribution < -0.4 is 16.8 Å². The van der Waals surface area contributed by atoms with Crippen molar-refractivity contribution < 1.29 is 75.9 Å². The molecular formula is C19H25N6O19P3. The van der Waals surface area contributed by atoms with Crippen LogP contribution in [0.25, 0.3) is 11.2 Å². The van der Waals surface area contributed by atoms with Crippen LogP contribution in [0.1, 0.15) is 12.5 Å². The highest BCUT2D eigenvalue weighted by atomic mass is 31.3. The topological polar surface area (TPSA) is 367 Å². The van der Waals surface area contributed by atoms with Crippen LogP contribution in [0.15, 0.2) is 39.3 Å². The third-order valence-corrected chi connectivity index (χ3v) is 10.9. The molecule has 5 rings (SSSR count). The van der Waals surface area contributed by atoms with E-state index in [0.717, 1.165) is 29.5 Å². The zero-order chi connectivity index (χ0) is 34.5. The maximum Gasteiger partial charge on any atom is 0.490 e. The number of aliphatic hydroxyl groups excluding tert-OH is 4. The molecule has 2 aliphatic rings. The molecule has 2 aliphatic heterocycles. The Morgan fingerprint density at radius 3 is 1.85 bits per heavy atom. The van der Waals surface area contributed by atoms with Crippen LogP contribution in [-0.4, -0.2) is 114 Å². The van der Waals surface area contributed by atoms with Crippen LogP contribution in [0.3, 0.4) is 0 Å². The standard InChI is InChI=1S/C19H25N6O19P3/c26-9-1-2-24(19(32)23-9)17-13(29)11(27)7(41-17)3-39-45(33,34)43-47(37,38)44-46(35,36)40-4-8-12(28)14(30)18(42-8)25-6-22-10-15(25)20-5-21-16(10)31/h1-2,5-8,11-14,17-18,27-30H,3-4H2,(H,33,34)(H,35,36)(H,37,38)(H,20,21,31)(H,23,26,32)/t7-,8-,11-,12-,13-,14-,17-,18+/m1/s1. The summed E-state index contributed by atoms with van der Waals surface area (Å²) in [5.41, 5.74) is -2.62. The lowest BCUT2D eigenvalue weighted by Crippen LogP contribution is -2.37. The Morgan fingerprint density at radius 1 is 0.787 bits per heavy atom. The summed E-state index contributed by atoms with van der Waals surface area (Å²) in [6.45, 7) is -2.19. The van der Waals surface area contributed by atoms with Gasteiger partial charge in [0.15, 0.2) is 23.6 Å². The van der Waals surface area contributed by atoms with E-state index in [1.54, 1.807) is 0 Å². The van der Waals surface area contributed by atoms with Crippen LogP contribution in [-0.2, 0) is 40.8 Å². The van der Waals surface area contributed by atoms with Crippen LogP contribution in [0.2, 0.25) is 0 Å². The van der Waals surface area contributed by atoms with Gasteiger partial charge in [0.25, 0.3) is 11.1 Å². The fourth-order valence-corrected chi connectivity index (χ4v) is 8.05. The number of phosphoric ester groups is 2. The molecule has 47 heavy (non-hydrogen) atoms. The highest BCUT2D eigenvalue weighted by molar-refractivity contribution is 7.66. The van der Waals surface area contributed by atoms with Crippen LogP contribution >= 0.6 is 23.5 Å². The number of phosphoric acid groups is 3. The van der Waals surface area contributed by atoms with Gasteiger partial charge in [0, 0.05) is 12.3 Å². The second-order valence-electron chi connectivity index (χ2n) is 9.83. The number of aromatic nitrogens is 6. The molecule has 260 valence electrons. The molecule has 11 atom stereocenters. The first-order valence-electron chi connectivity index (χ1n) is 12.8. The van der Waals surface area contributed by atoms with Crippen LogP contribution in [0, 0.1) is 0 Å². The Morgan fingerprint density at radius 2 is 1.32 bits per heavy atom. The molecule has 3 aromatic rings. The Kier molecular flexibility index (Phi) is 10.0. The molecule has 0 aliphatic carbocycles. The lowest BCUT2D eigenvalue weighted by molar-refractivity contribution is -0.0543. The van der Waals surface area contributed by atoms with E-state index in [9.17, 15) is 63.2 Å². The van der Waals surface area contributed by atoms with Gasteiger partial charge in [-0.05, 0) is 0 Å². The summed E-state index contributed by atoms with van der Waals surface area (Å²) in [5.74, 6) is 0. The number of hydrogen-bond acceptors (Lipinski definition) is 18. The van der Waals surface area contributed by atoms with Gasteiger partial charge >= 0.3 is 29.2 Å². The molecule has 2 saturated heterocycles. The van der Waals surface area contributed by atoms with E-state index in [4.69, 9.17) is 9.47 Å². The van der Waals surface area contributed by atoms with Crippen LogP contribution in [0.4, 0.5) is 0 Å². The summed E-state index contributed by atoms with van der Waals surface area (Å²) < 4.78 is 66.3. The molecular weight excluding hydrogens is 709 g/mol. The fourth-order valence-electron chi connectivity index (χ4n) is 4.53. The van der Waals surface area contributed by atoms with Gasteiger partial charge in [-0.3, -0.25) is 32.8 Å². The smallest absolute Gasteiger partial charge is 0.387 e. The van der Waals surface area contributed by atoms with Gasteiger partial charge < -0.3 is 49.6 Å². The summed E-state index contributed by atoms with van der Waals surface area (Å²) in [6.07, 6.45) is -10.4. The summed E-state index contributed by atoms with van der Waals surface area (Å²) in [6, 6.07) is 0.903. The molecule has 0 bridgehead atoms. The molecule has 0 spiro atoms. The predicted molar refractivity (Wildman–Crippen MR) is 145 cm³/mol. The molecule has 0 amide bonds. The second kappa shape index (κ2) is 13.2. The SMILES string of the molecule is O=c1ccn([C@@H]2O[C@H](COP(=O)(O)OP(=O)(O)OP(=O)(O)OC[C@H]3O[C@H](n4cnc5c(=O)[nH]cnc54)[C@H](O)[C@@H]3O)[C@@H](O)[C@H]2O)c(=O)[nH]1. The normalized spacial score (nSPS) is 31.8. The van der Waals surface area contributed by atoms with Gasteiger partial charge in [-0.25, -0.2) is 28.5 Å². The van der Waals surface area contributed by atoms with E-state index in [0.29, 0.717) is 4.57 Å². The van der Waals surface area contributed by atoms with E-state index in [-0.39, 0.29) is 11.2 Å². The predicted octanol–water partition coefficient (Wildman–Crippen LogP) is -3.72. The summed E-state index contributed by atoms with van der Waals surface area (Å²) in [7, 11) is -17.3. The first-order valence-corrected chi connectivity index (χ1v) is 17.3. The third kappa shape index (κ3) is 7.76. The maximum atomic E-state index is 12.3. The fraction of sp³-hybridized carbons (Fsp3) is 0.526. The van der Waals surface area contributed by atoms with Gasteiger partial charge in [-0.1, -0.05) is 0 Å². The second-order valence-corrected chi connectivity index (χ2v) is 14.5. The quantitative estimate of drug-likeness (QED) is 0.0808. The number of imidazole rings is 1. The van der Waals surface area contributed by atoms with Crippen molar-refractivity contribution in [1.82, 2.24) is 29.1 Å². The highest BCUT2D eigenvalue weighted by Crippen LogP contribution is 2.67. The number of ether oxygens (including phenoxy) is 2. The number of H-pyrrole nitrogens is 2. The van der Waals surface area contributed by atoms with E-state index < -0.39 is 103 Å². The largest absolute Gasteiger partial charge is 0.490 e. The van der Waals surface area contributed by atoms with Crippen molar-refractivity contribution in [3.63, 3.8) is 0 Å². The number of aliphatic hydroxyl groups is 4. The Hall–Kier alpha value is -2.80. The first kappa shape index (κ1) is 35.5. The van der Waals surface area contributed by atoms with Crippen molar-refractivity contribution >= 4 is 34.6 Å². The Bertz CT molecular complexity index is 1950. The molecule has 3 unspecified atom stereocenters. The zero-order valence-corrected chi connectivity index (χ0v) is 25.7. The first-order chi connectivity index (χ1) is 21.9. The molecule has 0 saturated carbocycles. The average Bonchev–Trinajstić information content (AvgIpc) is 3.60. The van der Waals surface area contributed by atoms with Crippen LogP contribution in [0.5, 0.6) is 0 Å². The summed E-state index contributed by atoms with van der Waals surface area (Å²) in [5, 5.41) is 41.2. The summed E-state index contributed by atoms with van der Waals surface area (Å²) >= 11 is 0. The monoisotopic (exact) mass is 734 g/mol. The minimum absolute atomic E-state index is 0.0500. The Labute approximate surface area is 258 Å². The minimum atomic E-state index is -5.98. The lowest BCUT2D eigenvalue weighted by atomic mass is 10.1. The molecule has 3 aromatic heterocycles. The van der Waals surface area contributed by atoms with E-state index >= 15 is 0 Å². The number of hydrogen-bond donors (Lipinski definition) is 9. The van der Waals surface area contributed by atoms with E-state index in [1.165, 1.54) is 0 Å². The van der Waals surface area contributed by atoms with Gasteiger partial charge in [-0.15, -0.1) is 0 Å². The van der Waals surface area contributed by atoms with Crippen molar-refractivity contribution in [3.8, 4) is 0 Å². The van der Waals surface area contributed by atoms with Gasteiger partial charge in [0.05, 0.1) is 25.9 Å². The van der Waals surface area contributed by atoms with E-state index in [2.05, 4.69) is 32.6 Å². The number of aromatic amines is 2. The molecule has 0 radical (unpaired) electrons. The number of fused-ring (bicyclic) bond motifs is 1. The molecule has 2 fully saturated rings. The maximum absolute atomic E-state index is 12.3. The van der Waals surface area contributed by atoms with Gasteiger partial charge in [0.2, 0.25) is 0 Å². The van der Waals surface area contributed by atoms with Gasteiger partial charge in [0.1, 0.15) is 36.6 Å². The number of nitrogens with zero attached hydrogens (tertiary/aromatic N) is 4. The number of nitrogens with one attached hydrogen (secondary N) is 2. The highest BCUT2D eigenvalue weighted by Gasteiger charge is 2.49. The van der Waals surface area contributed by atoms with Crippen molar-refractivity contribution in [2.75, 3.05) is 13.2 Å². The van der Waals surface area contributed by atoms with E-state index in [1.807, 2.05) is 4.98 Å². The van der Waals surface area contributed by atoms with Crippen molar-refractivity contribution in [2.45, 2.75) is 49.1 Å². The zero-order valence-electron chi connectivity index (χ0n) is 23.0. The average molecular weight is 734 g/mol. The minimum Gasteiger partial charge on any atom is -0.387 e. The van der Waals surface area contributed by atoms with Gasteiger partial charge in [-0.2, -0.15) is 8.62 Å². The molecule has 25 nitrogen and oxygen atoms in total.